The van der Waals surface area contributed by atoms with Gasteiger partial charge in [-0.1, -0.05) is 0 Å². The number of hydrogen-bond acceptors (Lipinski definition) is 2. The molecule has 0 aromatic rings. The first-order chi connectivity index (χ1) is 4.79. The Kier molecular flexibility index (Phi) is 1.58. The third-order valence-electron chi connectivity index (χ3n) is 1.48. The molecule has 0 atom stereocenters. The van der Waals surface area contributed by atoms with Crippen LogP contribution in [-0.2, 0) is 0 Å². The Morgan fingerprint density at radius 1 is 1.33 bits per heavy atom. The predicted molar refractivity (Wildman–Crippen MR) is 38.8 cm³/mol. The van der Waals surface area contributed by atoms with Crippen molar-refractivity contribution < 1.29 is 1.37 Å². The van der Waals surface area contributed by atoms with E-state index in [0.29, 0.717) is 0 Å². The second-order valence-electron chi connectivity index (χ2n) is 2.07. The molecule has 1 rings (SSSR count). The van der Waals surface area contributed by atoms with E-state index in [1.165, 1.54) is 0 Å². The average molecular weight is 127 g/mol. The smallest absolute Gasteiger partial charge is 0.0893 e. The summed E-state index contributed by atoms with van der Waals surface area (Å²) in [5.74, 6) is 0. The van der Waals surface area contributed by atoms with E-state index in [-0.39, 0.29) is 6.64 Å². The lowest BCUT2D eigenvalue weighted by Gasteiger charge is -2.17. The molecule has 52 valence electrons. The maximum atomic E-state index is 7.64. The van der Waals surface area contributed by atoms with Crippen molar-refractivity contribution in [3.8, 4) is 0 Å². The largest absolute Gasteiger partial charge is 0.359 e. The van der Waals surface area contributed by atoms with E-state index in [0.717, 1.165) is 13.1 Å². The molecule has 0 unspecified atom stereocenters. The molecule has 2 nitrogen and oxygen atoms in total. The molecule has 1 aliphatic heterocycles. The lowest BCUT2D eigenvalue weighted by atomic mass is 10.6. The first kappa shape index (κ1) is 5.15. The Balaban J connectivity index is 2.49. The van der Waals surface area contributed by atoms with E-state index in [1.807, 2.05) is 22.2 Å². The van der Waals surface area contributed by atoms with Crippen molar-refractivity contribution in [1.82, 2.24) is 9.80 Å². The van der Waals surface area contributed by atoms with Crippen molar-refractivity contribution >= 4 is 0 Å². The van der Waals surface area contributed by atoms with Crippen LogP contribution >= 0.6 is 0 Å². The molecule has 0 fully saturated rings. The van der Waals surface area contributed by atoms with Gasteiger partial charge in [0.05, 0.1) is 8.02 Å². The first-order valence-corrected chi connectivity index (χ1v) is 3.41. The van der Waals surface area contributed by atoms with Crippen LogP contribution in [0.4, 0.5) is 0 Å². The molecule has 0 spiro atoms. The van der Waals surface area contributed by atoms with Gasteiger partial charge in [0.15, 0.2) is 0 Å². The molecule has 1 heterocycles. The molecule has 0 bridgehead atoms. The summed E-state index contributed by atoms with van der Waals surface area (Å²) in [6.45, 7) is 5.77. The quantitative estimate of drug-likeness (QED) is 0.547. The Hall–Kier alpha value is -0.660. The van der Waals surface area contributed by atoms with Crippen LogP contribution < -0.4 is 0 Å². The maximum absolute atomic E-state index is 7.64. The minimum absolute atomic E-state index is 0.185. The van der Waals surface area contributed by atoms with E-state index in [2.05, 4.69) is 13.8 Å². The minimum atomic E-state index is -0.185. The highest BCUT2D eigenvalue weighted by molar-refractivity contribution is 4.88. The molecule has 0 amide bonds. The predicted octanol–water partition coefficient (Wildman–Crippen LogP) is 1.07. The van der Waals surface area contributed by atoms with Gasteiger partial charge in [-0.15, -0.1) is 0 Å². The van der Waals surface area contributed by atoms with Crippen molar-refractivity contribution in [2.75, 3.05) is 19.7 Å². The number of hydrogen-bond donors (Lipinski definition) is 0. The Morgan fingerprint density at radius 3 is 2.00 bits per heavy atom. The SMILES string of the molecule is [2H]C1N(CC)C=CN1CC. The van der Waals surface area contributed by atoms with Crippen molar-refractivity contribution in [1.29, 1.82) is 0 Å². The van der Waals surface area contributed by atoms with E-state index >= 15 is 0 Å². The molecule has 0 saturated heterocycles. The summed E-state index contributed by atoms with van der Waals surface area (Å²) < 4.78 is 7.64. The van der Waals surface area contributed by atoms with Crippen LogP contribution in [0.1, 0.15) is 15.2 Å². The van der Waals surface area contributed by atoms with Crippen LogP contribution in [0.5, 0.6) is 0 Å². The average Bonchev–Trinajstić information content (AvgIpc) is 2.30. The fraction of sp³-hybridized carbons (Fsp3) is 0.714. The van der Waals surface area contributed by atoms with Crippen LogP contribution in [0.3, 0.4) is 0 Å². The third kappa shape index (κ3) is 1.37. The van der Waals surface area contributed by atoms with Gasteiger partial charge in [0.25, 0.3) is 0 Å². The van der Waals surface area contributed by atoms with Crippen molar-refractivity contribution in [3.63, 3.8) is 0 Å². The summed E-state index contributed by atoms with van der Waals surface area (Å²) in [7, 11) is 0. The Bertz CT molecular complexity index is 122. The molecule has 2 heteroatoms. The number of nitrogens with zero attached hydrogens (tertiary/aromatic N) is 2. The highest BCUT2D eigenvalue weighted by Crippen LogP contribution is 2.03. The van der Waals surface area contributed by atoms with E-state index in [1.54, 1.807) is 0 Å². The Labute approximate surface area is 58.2 Å². The van der Waals surface area contributed by atoms with Crippen LogP contribution in [0.25, 0.3) is 0 Å². The third-order valence-corrected chi connectivity index (χ3v) is 1.48. The monoisotopic (exact) mass is 127 g/mol. The summed E-state index contributed by atoms with van der Waals surface area (Å²) in [5, 5.41) is 0. The van der Waals surface area contributed by atoms with Gasteiger partial charge in [0.1, 0.15) is 0 Å². The molecule has 0 N–H and O–H groups in total. The first-order valence-electron chi connectivity index (χ1n) is 3.99. The molecule has 0 aromatic carbocycles. The van der Waals surface area contributed by atoms with Crippen molar-refractivity contribution in [2.24, 2.45) is 0 Å². The summed E-state index contributed by atoms with van der Waals surface area (Å²) >= 11 is 0. The van der Waals surface area contributed by atoms with Gasteiger partial charge in [-0.05, 0) is 13.8 Å². The molecular weight excluding hydrogens is 112 g/mol. The van der Waals surface area contributed by atoms with Gasteiger partial charge in [0.2, 0.25) is 0 Å². The topological polar surface area (TPSA) is 6.48 Å². The summed E-state index contributed by atoms with van der Waals surface area (Å²) in [6.07, 6.45) is 3.95. The van der Waals surface area contributed by atoms with Gasteiger partial charge < -0.3 is 9.80 Å². The maximum Gasteiger partial charge on any atom is 0.0893 e. The lowest BCUT2D eigenvalue weighted by Crippen LogP contribution is -2.24. The molecule has 0 aliphatic carbocycles. The molecule has 0 radical (unpaired) electrons. The number of rotatable bonds is 2. The molecular formula is C7H14N2. The van der Waals surface area contributed by atoms with Gasteiger partial charge >= 0.3 is 0 Å². The summed E-state index contributed by atoms with van der Waals surface area (Å²) in [6, 6.07) is 0. The van der Waals surface area contributed by atoms with Crippen LogP contribution in [0.15, 0.2) is 12.4 Å². The summed E-state index contributed by atoms with van der Waals surface area (Å²) in [4.78, 5) is 3.98. The zero-order valence-electron chi connectivity index (χ0n) is 7.04. The minimum Gasteiger partial charge on any atom is -0.359 e. The van der Waals surface area contributed by atoms with E-state index < -0.39 is 0 Å². The fourth-order valence-electron chi connectivity index (χ4n) is 0.813. The molecule has 9 heavy (non-hydrogen) atoms. The Morgan fingerprint density at radius 2 is 1.78 bits per heavy atom. The summed E-state index contributed by atoms with van der Waals surface area (Å²) in [5.41, 5.74) is 0. The van der Waals surface area contributed by atoms with Gasteiger partial charge in [-0.3, -0.25) is 0 Å². The second kappa shape index (κ2) is 2.76. The van der Waals surface area contributed by atoms with Crippen LogP contribution in [0, 0.1) is 0 Å². The normalized spacial score (nSPS) is 21.3. The highest BCUT2D eigenvalue weighted by atomic mass is 15.3. The van der Waals surface area contributed by atoms with E-state index in [4.69, 9.17) is 1.37 Å². The van der Waals surface area contributed by atoms with Crippen molar-refractivity contribution in [2.45, 2.75) is 13.8 Å². The standard InChI is InChI=1S/C7H14N2/c1-3-8-5-6-9(4-2)7-8/h5-6H,3-4,7H2,1-2H3/i7D. The van der Waals surface area contributed by atoms with Gasteiger partial charge in [-0.2, -0.15) is 0 Å². The highest BCUT2D eigenvalue weighted by Gasteiger charge is 2.06. The van der Waals surface area contributed by atoms with Gasteiger partial charge in [-0.25, -0.2) is 0 Å². The van der Waals surface area contributed by atoms with Crippen LogP contribution in [-0.4, -0.2) is 29.5 Å². The molecule has 0 saturated carbocycles. The van der Waals surface area contributed by atoms with Gasteiger partial charge in [0, 0.05) is 25.5 Å². The molecule has 0 aromatic heterocycles. The second-order valence-corrected chi connectivity index (χ2v) is 2.07. The van der Waals surface area contributed by atoms with Crippen LogP contribution in [0.2, 0.25) is 0 Å². The lowest BCUT2D eigenvalue weighted by molar-refractivity contribution is 0.282. The van der Waals surface area contributed by atoms with E-state index in [9.17, 15) is 0 Å². The van der Waals surface area contributed by atoms with Crippen molar-refractivity contribution in [3.05, 3.63) is 12.4 Å². The zero-order valence-corrected chi connectivity index (χ0v) is 6.04. The fourth-order valence-corrected chi connectivity index (χ4v) is 0.813. The zero-order chi connectivity index (χ0) is 7.56. The molecule has 1 aliphatic rings.